The Morgan fingerprint density at radius 2 is 0.476 bits per heavy atom. The van der Waals surface area contributed by atoms with Crippen molar-refractivity contribution < 1.29 is 0 Å². The van der Waals surface area contributed by atoms with E-state index in [0.29, 0.717) is 17.5 Å². The van der Waals surface area contributed by atoms with E-state index in [1.807, 2.05) is 72.8 Å². The lowest BCUT2D eigenvalue weighted by Crippen LogP contribution is -1.99. The first-order chi connectivity index (χ1) is 40.6. The molecule has 0 amide bonds. The Bertz CT molecular complexity index is 4440. The Labute approximate surface area is 476 Å². The fourth-order valence-electron chi connectivity index (χ4n) is 10.7. The van der Waals surface area contributed by atoms with E-state index in [2.05, 4.69) is 231 Å². The van der Waals surface area contributed by atoms with Crippen LogP contribution in [0.3, 0.4) is 0 Å². The largest absolute Gasteiger partial charge is 0.228 e. The van der Waals surface area contributed by atoms with Crippen molar-refractivity contribution in [2.45, 2.75) is 0 Å². The van der Waals surface area contributed by atoms with Gasteiger partial charge in [0.15, 0.2) is 17.5 Å². The van der Waals surface area contributed by atoms with Crippen molar-refractivity contribution in [3.63, 3.8) is 0 Å². The zero-order valence-electron chi connectivity index (χ0n) is 44.6. The number of hydrogen-bond acceptors (Lipinski definition) is 6. The van der Waals surface area contributed by atoms with Crippen molar-refractivity contribution >= 4 is 10.9 Å². The standard InChI is InChI=1S/C76H50N6/c1-7-21-51(22-8-1)61-33-19-35-63(45-61)65-47-66(64-36-20-34-62(46-64)52-23-9-2-10-24-52)73-67(48-65)72(57-37-39-58(40-38-57)74-77-68(53-25-11-3-12-26-53)49-69(78-74)54-27-13-4-14-28-54)81-76(82-73)60-43-41-59(42-44-60)75-79-70(55-29-15-5-16-30-55)50-71(80-75)56-31-17-6-18-32-56/h1-50H. The minimum Gasteiger partial charge on any atom is -0.228 e. The monoisotopic (exact) mass is 1050 g/mol. The molecule has 0 radical (unpaired) electrons. The van der Waals surface area contributed by atoms with Crippen LogP contribution in [0.1, 0.15) is 0 Å². The van der Waals surface area contributed by atoms with Gasteiger partial charge in [-0.05, 0) is 75.3 Å². The van der Waals surface area contributed by atoms with Gasteiger partial charge < -0.3 is 0 Å². The molecule has 14 aromatic rings. The quantitative estimate of drug-likeness (QED) is 0.121. The molecule has 11 aromatic carbocycles. The highest BCUT2D eigenvalue weighted by Gasteiger charge is 2.20. The Morgan fingerprint density at radius 1 is 0.171 bits per heavy atom. The summed E-state index contributed by atoms with van der Waals surface area (Å²) in [6.45, 7) is 0. The first kappa shape index (κ1) is 49.2. The SMILES string of the molecule is c1ccc(-c2cccc(-c3cc(-c4cccc(-c5ccccc5)c4)c4nc(-c5ccc(-c6nc(-c7ccccc7)cc(-c7ccccc7)n6)cc5)nc(-c5ccc(-c6nc(-c7ccccc7)cc(-c7ccccc7)n6)cc5)c4c3)c2)cc1. The second-order valence-electron chi connectivity index (χ2n) is 20.3. The molecule has 0 aliphatic heterocycles. The number of rotatable bonds is 12. The second-order valence-corrected chi connectivity index (χ2v) is 20.3. The lowest BCUT2D eigenvalue weighted by Gasteiger charge is -2.17. The second kappa shape index (κ2) is 22.0. The van der Waals surface area contributed by atoms with Gasteiger partial charge in [0.05, 0.1) is 34.0 Å². The van der Waals surface area contributed by atoms with Crippen molar-refractivity contribution in [3.8, 4) is 135 Å². The van der Waals surface area contributed by atoms with Gasteiger partial charge in [0, 0.05) is 55.5 Å². The summed E-state index contributed by atoms with van der Waals surface area (Å²) in [5, 5.41) is 0.920. The van der Waals surface area contributed by atoms with E-state index >= 15 is 0 Å². The van der Waals surface area contributed by atoms with Crippen molar-refractivity contribution in [1.29, 1.82) is 0 Å². The maximum Gasteiger partial charge on any atom is 0.160 e. The average molecular weight is 1050 g/mol. The number of hydrogen-bond donors (Lipinski definition) is 0. The Hall–Kier alpha value is -11.1. The molecule has 0 saturated heterocycles. The van der Waals surface area contributed by atoms with E-state index in [9.17, 15) is 0 Å². The van der Waals surface area contributed by atoms with Gasteiger partial charge in [-0.15, -0.1) is 0 Å². The van der Waals surface area contributed by atoms with Crippen LogP contribution < -0.4 is 0 Å². The molecule has 0 saturated carbocycles. The van der Waals surface area contributed by atoms with Crippen LogP contribution >= 0.6 is 0 Å². The predicted molar refractivity (Wildman–Crippen MR) is 336 cm³/mol. The highest BCUT2D eigenvalue weighted by Crippen LogP contribution is 2.41. The third-order valence-electron chi connectivity index (χ3n) is 14.9. The van der Waals surface area contributed by atoms with Crippen LogP contribution in [0.25, 0.3) is 146 Å². The lowest BCUT2D eigenvalue weighted by atomic mass is 9.91. The molecule has 6 nitrogen and oxygen atoms in total. The van der Waals surface area contributed by atoms with E-state index in [0.717, 1.165) is 128 Å². The topological polar surface area (TPSA) is 77.3 Å². The molecule has 6 heteroatoms. The molecular weight excluding hydrogens is 997 g/mol. The first-order valence-corrected chi connectivity index (χ1v) is 27.5. The zero-order valence-corrected chi connectivity index (χ0v) is 44.6. The molecule has 0 spiro atoms. The van der Waals surface area contributed by atoms with Gasteiger partial charge >= 0.3 is 0 Å². The molecule has 82 heavy (non-hydrogen) atoms. The summed E-state index contributed by atoms with van der Waals surface area (Å²) in [7, 11) is 0. The van der Waals surface area contributed by atoms with Crippen LogP contribution in [0.5, 0.6) is 0 Å². The molecule has 3 aromatic heterocycles. The Kier molecular flexibility index (Phi) is 13.2. The number of aromatic nitrogens is 6. The molecule has 0 N–H and O–H groups in total. The molecule has 0 bridgehead atoms. The molecule has 0 aliphatic rings. The maximum absolute atomic E-state index is 5.60. The molecule has 0 fully saturated rings. The predicted octanol–water partition coefficient (Wildman–Crippen LogP) is 19.2. The van der Waals surface area contributed by atoms with Gasteiger partial charge in [-0.3, -0.25) is 0 Å². The molecule has 0 atom stereocenters. The van der Waals surface area contributed by atoms with Crippen LogP contribution in [0.2, 0.25) is 0 Å². The van der Waals surface area contributed by atoms with Gasteiger partial charge in [-0.25, -0.2) is 29.9 Å². The number of nitrogens with zero attached hydrogens (tertiary/aromatic N) is 6. The third kappa shape index (κ3) is 10.2. The van der Waals surface area contributed by atoms with Crippen LogP contribution in [0.15, 0.2) is 303 Å². The van der Waals surface area contributed by atoms with Crippen LogP contribution in [0, 0.1) is 0 Å². The van der Waals surface area contributed by atoms with Crippen LogP contribution in [-0.2, 0) is 0 Å². The molecule has 384 valence electrons. The van der Waals surface area contributed by atoms with Crippen molar-refractivity contribution in [3.05, 3.63) is 303 Å². The molecule has 0 unspecified atom stereocenters. The van der Waals surface area contributed by atoms with Gasteiger partial charge in [-0.2, -0.15) is 0 Å². The highest BCUT2D eigenvalue weighted by molar-refractivity contribution is 6.05. The van der Waals surface area contributed by atoms with Gasteiger partial charge in [-0.1, -0.05) is 267 Å². The Balaban J connectivity index is 0.957. The molecule has 14 rings (SSSR count). The van der Waals surface area contributed by atoms with E-state index in [1.54, 1.807) is 0 Å². The van der Waals surface area contributed by atoms with Crippen LogP contribution in [0.4, 0.5) is 0 Å². The van der Waals surface area contributed by atoms with E-state index < -0.39 is 0 Å². The van der Waals surface area contributed by atoms with E-state index in [1.165, 1.54) is 0 Å². The fourth-order valence-corrected chi connectivity index (χ4v) is 10.7. The molecule has 0 aliphatic carbocycles. The van der Waals surface area contributed by atoms with E-state index in [-0.39, 0.29) is 0 Å². The van der Waals surface area contributed by atoms with E-state index in [4.69, 9.17) is 29.9 Å². The van der Waals surface area contributed by atoms with Gasteiger partial charge in [0.1, 0.15) is 0 Å². The maximum atomic E-state index is 5.60. The third-order valence-corrected chi connectivity index (χ3v) is 14.9. The fraction of sp³-hybridized carbons (Fsp3) is 0. The zero-order chi connectivity index (χ0) is 54.6. The number of fused-ring (bicyclic) bond motifs is 1. The smallest absolute Gasteiger partial charge is 0.160 e. The van der Waals surface area contributed by atoms with Crippen LogP contribution in [-0.4, -0.2) is 29.9 Å². The van der Waals surface area contributed by atoms with Crippen molar-refractivity contribution in [1.82, 2.24) is 29.9 Å². The number of benzene rings is 11. The summed E-state index contributed by atoms with van der Waals surface area (Å²) in [4.78, 5) is 31.8. The average Bonchev–Trinajstić information content (AvgIpc) is 3.67. The molecular formula is C76H50N6. The lowest BCUT2D eigenvalue weighted by molar-refractivity contribution is 1.18. The molecule has 3 heterocycles. The summed E-state index contributed by atoms with van der Waals surface area (Å²) in [6, 6.07) is 105. The summed E-state index contributed by atoms with van der Waals surface area (Å²) in [6.07, 6.45) is 0. The summed E-state index contributed by atoms with van der Waals surface area (Å²) >= 11 is 0. The Morgan fingerprint density at radius 3 is 0.866 bits per heavy atom. The highest BCUT2D eigenvalue weighted by atomic mass is 14.9. The summed E-state index contributed by atoms with van der Waals surface area (Å²) in [5.41, 5.74) is 21.4. The normalized spacial score (nSPS) is 11.2. The first-order valence-electron chi connectivity index (χ1n) is 27.5. The van der Waals surface area contributed by atoms with Crippen molar-refractivity contribution in [2.75, 3.05) is 0 Å². The van der Waals surface area contributed by atoms with Gasteiger partial charge in [0.25, 0.3) is 0 Å². The minimum atomic E-state index is 0.591. The minimum absolute atomic E-state index is 0.591. The summed E-state index contributed by atoms with van der Waals surface area (Å²) in [5.74, 6) is 1.86. The van der Waals surface area contributed by atoms with Gasteiger partial charge in [0.2, 0.25) is 0 Å². The van der Waals surface area contributed by atoms with Crippen molar-refractivity contribution in [2.24, 2.45) is 0 Å². The summed E-state index contributed by atoms with van der Waals surface area (Å²) < 4.78 is 0.